The van der Waals surface area contributed by atoms with E-state index in [0.717, 1.165) is 19.4 Å². The second kappa shape index (κ2) is 11.4. The number of hydrogen-bond acceptors (Lipinski definition) is 8. The predicted octanol–water partition coefficient (Wildman–Crippen LogP) is 5.50. The molecule has 0 radical (unpaired) electrons. The minimum absolute atomic E-state index is 0.00573. The largest absolute Gasteiger partial charge is 0.489 e. The summed E-state index contributed by atoms with van der Waals surface area (Å²) in [7, 11) is 0. The van der Waals surface area contributed by atoms with Crippen LogP contribution in [0.15, 0.2) is 4.47 Å². The van der Waals surface area contributed by atoms with E-state index in [4.69, 9.17) is 25.8 Å². The van der Waals surface area contributed by atoms with E-state index < -0.39 is 48.2 Å². The Hall–Kier alpha value is -2.32. The first-order valence-electron chi connectivity index (χ1n) is 13.3. The molecule has 3 atom stereocenters. The van der Waals surface area contributed by atoms with Crippen molar-refractivity contribution in [1.29, 1.82) is 0 Å². The molecule has 0 unspecified atom stereocenters. The molecule has 3 aliphatic heterocycles. The normalized spacial score (nSPS) is 24.4. The molecule has 3 aliphatic rings. The second-order valence-electron chi connectivity index (χ2n) is 11.6. The molecule has 41 heavy (non-hydrogen) atoms. The molecule has 226 valence electrons. The summed E-state index contributed by atoms with van der Waals surface area (Å²) in [6.07, 6.45) is -2.67. The van der Waals surface area contributed by atoms with Gasteiger partial charge in [-0.05, 0) is 56.1 Å². The van der Waals surface area contributed by atoms with E-state index >= 15 is 4.39 Å². The van der Waals surface area contributed by atoms with E-state index in [0.29, 0.717) is 6.54 Å². The summed E-state index contributed by atoms with van der Waals surface area (Å²) in [5.41, 5.74) is -1.56. The Labute approximate surface area is 248 Å². The smallest absolute Gasteiger partial charge is 0.407 e. The highest BCUT2D eigenvalue weighted by atomic mass is 79.9. The molecule has 9 nitrogen and oxygen atoms in total. The van der Waals surface area contributed by atoms with Crippen LogP contribution in [0.25, 0.3) is 10.9 Å². The monoisotopic (exact) mass is 667 g/mol. The zero-order valence-electron chi connectivity index (χ0n) is 22.8. The molecule has 1 aromatic carbocycles. The van der Waals surface area contributed by atoms with Gasteiger partial charge in [-0.3, -0.25) is 4.90 Å². The lowest BCUT2D eigenvalue weighted by molar-refractivity contribution is 0.0520. The number of halogens is 6. The number of carbonyl (C=O) groups excluding carboxylic acids is 1. The topological polar surface area (TPSA) is 89.0 Å². The third kappa shape index (κ3) is 6.10. The number of benzene rings is 1. The maximum absolute atomic E-state index is 15.6. The number of amides is 1. The van der Waals surface area contributed by atoms with Gasteiger partial charge in [-0.25, -0.2) is 22.4 Å². The average Bonchev–Trinajstić information content (AvgIpc) is 3.35. The number of hydrogen-bond donors (Lipinski definition) is 1. The second-order valence-corrected chi connectivity index (χ2v) is 12.8. The van der Waals surface area contributed by atoms with Crippen molar-refractivity contribution in [1.82, 2.24) is 20.2 Å². The zero-order chi connectivity index (χ0) is 29.7. The van der Waals surface area contributed by atoms with Gasteiger partial charge in [-0.2, -0.15) is 9.97 Å². The number of nitrogens with zero attached hydrogens (tertiary/aromatic N) is 4. The maximum atomic E-state index is 15.6. The number of nitrogens with one attached hydrogen (secondary N) is 1. The van der Waals surface area contributed by atoms with Crippen molar-refractivity contribution in [3.05, 3.63) is 15.3 Å². The van der Waals surface area contributed by atoms with Crippen LogP contribution in [-0.4, -0.2) is 90.1 Å². The molecule has 4 heterocycles. The van der Waals surface area contributed by atoms with Crippen molar-refractivity contribution in [3.8, 4) is 11.8 Å². The molecule has 15 heteroatoms. The highest BCUT2D eigenvalue weighted by Crippen LogP contribution is 2.47. The number of fused-ring (bicyclic) bond motifs is 1. The van der Waals surface area contributed by atoms with E-state index in [1.54, 1.807) is 20.8 Å². The SMILES string of the molecule is CC(C)(C)OC(=O)NC[C@H]1COc2c(Cl)c(Br)c(F)c3nc(OC[C@@]45CCCN4C[C@H](F)C5)nc(c23)N1CC(F)F. The quantitative estimate of drug-likeness (QED) is 0.306. The van der Waals surface area contributed by atoms with Gasteiger partial charge in [0.05, 0.1) is 28.0 Å². The number of carbonyl (C=O) groups is 1. The van der Waals surface area contributed by atoms with E-state index in [1.165, 1.54) is 4.90 Å². The number of rotatable bonds is 7. The molecule has 0 spiro atoms. The summed E-state index contributed by atoms with van der Waals surface area (Å²) >= 11 is 9.55. The van der Waals surface area contributed by atoms with Gasteiger partial charge in [0, 0.05) is 19.5 Å². The van der Waals surface area contributed by atoms with Crippen LogP contribution in [0.2, 0.25) is 5.02 Å². The lowest BCUT2D eigenvalue weighted by Crippen LogP contribution is -2.49. The molecule has 0 bridgehead atoms. The summed E-state index contributed by atoms with van der Waals surface area (Å²) in [4.78, 5) is 24.3. The lowest BCUT2D eigenvalue weighted by Gasteiger charge is -2.32. The van der Waals surface area contributed by atoms with Crippen LogP contribution in [0.3, 0.4) is 0 Å². The van der Waals surface area contributed by atoms with Crippen LogP contribution >= 0.6 is 27.5 Å². The van der Waals surface area contributed by atoms with Crippen LogP contribution in [0.5, 0.6) is 11.8 Å². The summed E-state index contributed by atoms with van der Waals surface area (Å²) in [6, 6.07) is -1.13. The zero-order valence-corrected chi connectivity index (χ0v) is 25.1. The van der Waals surface area contributed by atoms with Crippen LogP contribution in [0.4, 0.5) is 28.2 Å². The van der Waals surface area contributed by atoms with E-state index in [1.807, 2.05) is 4.90 Å². The molecule has 0 aliphatic carbocycles. The van der Waals surface area contributed by atoms with Crippen molar-refractivity contribution in [2.24, 2.45) is 0 Å². The Morgan fingerprint density at radius 2 is 2.10 bits per heavy atom. The van der Waals surface area contributed by atoms with E-state index in [-0.39, 0.29) is 64.2 Å². The first-order valence-corrected chi connectivity index (χ1v) is 14.5. The van der Waals surface area contributed by atoms with Crippen molar-refractivity contribution in [3.63, 3.8) is 0 Å². The first-order chi connectivity index (χ1) is 19.3. The molecule has 1 N–H and O–H groups in total. The van der Waals surface area contributed by atoms with Gasteiger partial charge in [0.25, 0.3) is 6.43 Å². The predicted molar refractivity (Wildman–Crippen MR) is 148 cm³/mol. The van der Waals surface area contributed by atoms with Gasteiger partial charge >= 0.3 is 12.1 Å². The van der Waals surface area contributed by atoms with Crippen molar-refractivity contribution in [2.75, 3.05) is 44.3 Å². The average molecular weight is 669 g/mol. The van der Waals surface area contributed by atoms with Crippen LogP contribution in [0.1, 0.15) is 40.0 Å². The van der Waals surface area contributed by atoms with Crippen molar-refractivity contribution < 1.29 is 36.6 Å². The minimum atomic E-state index is -2.82. The summed E-state index contributed by atoms with van der Waals surface area (Å²) in [5, 5.41) is 2.46. The third-order valence-electron chi connectivity index (χ3n) is 7.47. The molecule has 1 amide bonds. The number of alkyl halides is 3. The van der Waals surface area contributed by atoms with Gasteiger partial charge in [0.2, 0.25) is 0 Å². The van der Waals surface area contributed by atoms with Crippen molar-refractivity contribution in [2.45, 2.75) is 69.8 Å². The summed E-state index contributed by atoms with van der Waals surface area (Å²) < 4.78 is 74.8. The minimum Gasteiger partial charge on any atom is -0.489 e. The van der Waals surface area contributed by atoms with Crippen LogP contribution < -0.4 is 19.7 Å². The molecule has 1 aromatic heterocycles. The number of ether oxygens (including phenoxy) is 3. The summed E-state index contributed by atoms with van der Waals surface area (Å²) in [6.45, 7) is 5.01. The Bertz CT molecular complexity index is 1340. The number of aromatic nitrogens is 2. The standard InChI is InChI=1S/C26H31BrClF4N5O4/c1-25(2,3)41-24(38)33-8-14-11-39-21-16-20(19(32)17(27)18(21)28)34-23(35-22(16)37(14)10-15(30)31)40-12-26-5-4-6-36(26)9-13(29)7-26/h13-15H,4-12H2,1-3H3,(H,33,38)/t13-,14+,26+/m1/s1. The number of anilines is 1. The van der Waals surface area contributed by atoms with Gasteiger partial charge in [-0.1, -0.05) is 11.6 Å². The van der Waals surface area contributed by atoms with E-state index in [2.05, 4.69) is 31.2 Å². The Balaban J connectivity index is 1.54. The fourth-order valence-corrected chi connectivity index (χ4v) is 6.37. The number of alkyl carbamates (subject to hydrolysis) is 1. The molecule has 0 saturated carbocycles. The Morgan fingerprint density at radius 3 is 2.80 bits per heavy atom. The highest BCUT2D eigenvalue weighted by molar-refractivity contribution is 9.10. The van der Waals surface area contributed by atoms with E-state index in [9.17, 15) is 18.0 Å². The van der Waals surface area contributed by atoms with Crippen LogP contribution in [0, 0.1) is 5.82 Å². The third-order valence-corrected chi connectivity index (χ3v) is 8.80. The Kier molecular flexibility index (Phi) is 8.38. The molecule has 2 fully saturated rings. The fraction of sp³-hybridized carbons (Fsp3) is 0.654. The van der Waals surface area contributed by atoms with Crippen LogP contribution in [-0.2, 0) is 4.74 Å². The molecule has 2 saturated heterocycles. The van der Waals surface area contributed by atoms with Gasteiger partial charge in [-0.15, -0.1) is 0 Å². The van der Waals surface area contributed by atoms with Crippen molar-refractivity contribution >= 4 is 50.3 Å². The molecular formula is C26H31BrClF4N5O4. The maximum Gasteiger partial charge on any atom is 0.407 e. The van der Waals surface area contributed by atoms with Gasteiger partial charge < -0.3 is 24.4 Å². The first kappa shape index (κ1) is 30.1. The summed E-state index contributed by atoms with van der Waals surface area (Å²) in [5.74, 6) is -0.927. The molecule has 5 rings (SSSR count). The molecule has 2 aromatic rings. The fourth-order valence-electron chi connectivity index (χ4n) is 5.77. The van der Waals surface area contributed by atoms with Gasteiger partial charge in [0.1, 0.15) is 41.3 Å². The molecular weight excluding hydrogens is 638 g/mol. The highest BCUT2D eigenvalue weighted by Gasteiger charge is 2.49. The lowest BCUT2D eigenvalue weighted by atomic mass is 9.95. The Morgan fingerprint density at radius 1 is 1.34 bits per heavy atom. The van der Waals surface area contributed by atoms with Gasteiger partial charge in [0.15, 0.2) is 11.6 Å².